The van der Waals surface area contributed by atoms with Gasteiger partial charge >= 0.3 is 0 Å². The Labute approximate surface area is 141 Å². The van der Waals surface area contributed by atoms with Crippen LogP contribution in [-0.2, 0) is 6.54 Å². The Morgan fingerprint density at radius 2 is 2.00 bits per heavy atom. The Hall–Kier alpha value is -3.29. The molecular weight excluding hydrogens is 332 g/mol. The summed E-state index contributed by atoms with van der Waals surface area (Å²) in [7, 11) is 1.53. The van der Waals surface area contributed by atoms with Gasteiger partial charge in [-0.1, -0.05) is 17.3 Å². The Balaban J connectivity index is 1.69. The summed E-state index contributed by atoms with van der Waals surface area (Å²) in [5.41, 5.74) is 0.635. The lowest BCUT2D eigenvalue weighted by Gasteiger charge is -2.03. The number of aromatic nitrogens is 2. The highest BCUT2D eigenvalue weighted by molar-refractivity contribution is 5.94. The topological polar surface area (TPSA) is 77.3 Å². The maximum atomic E-state index is 13.2. The van der Waals surface area contributed by atoms with E-state index in [1.807, 2.05) is 6.07 Å². The second-order valence-electron chi connectivity index (χ2n) is 5.02. The van der Waals surface area contributed by atoms with Crippen LogP contribution in [0.5, 0.6) is 5.75 Å². The van der Waals surface area contributed by atoms with Crippen molar-refractivity contribution in [2.75, 3.05) is 7.11 Å². The van der Waals surface area contributed by atoms with E-state index >= 15 is 0 Å². The number of para-hydroxylation sites is 1. The van der Waals surface area contributed by atoms with Gasteiger partial charge in [-0.15, -0.1) is 0 Å². The molecule has 3 rings (SSSR count). The van der Waals surface area contributed by atoms with E-state index in [4.69, 9.17) is 9.26 Å². The van der Waals surface area contributed by atoms with Crippen molar-refractivity contribution >= 4 is 5.91 Å². The number of hydrogen-bond acceptors (Lipinski definition) is 5. The van der Waals surface area contributed by atoms with E-state index in [9.17, 15) is 13.6 Å². The third-order valence-electron chi connectivity index (χ3n) is 3.40. The number of benzene rings is 2. The van der Waals surface area contributed by atoms with Gasteiger partial charge < -0.3 is 14.6 Å². The van der Waals surface area contributed by atoms with Gasteiger partial charge in [0.15, 0.2) is 11.6 Å². The first-order valence-corrected chi connectivity index (χ1v) is 7.27. The summed E-state index contributed by atoms with van der Waals surface area (Å²) in [6, 6.07) is 10.0. The zero-order valence-electron chi connectivity index (χ0n) is 13.1. The number of ether oxygens (including phenoxy) is 1. The second kappa shape index (κ2) is 7.08. The molecule has 0 atom stereocenters. The molecule has 128 valence electrons. The Kier molecular flexibility index (Phi) is 4.69. The summed E-state index contributed by atoms with van der Waals surface area (Å²) >= 11 is 0. The minimum atomic E-state index is -1.09. The van der Waals surface area contributed by atoms with E-state index in [1.54, 1.807) is 18.2 Å². The van der Waals surface area contributed by atoms with E-state index in [2.05, 4.69) is 15.5 Å². The number of carbonyl (C=O) groups is 1. The first-order chi connectivity index (χ1) is 12.1. The lowest BCUT2D eigenvalue weighted by Crippen LogP contribution is -2.23. The predicted octanol–water partition coefficient (Wildman–Crippen LogP) is 2.95. The second-order valence-corrected chi connectivity index (χ2v) is 5.02. The predicted molar refractivity (Wildman–Crippen MR) is 83.8 cm³/mol. The SMILES string of the molecule is COc1ccccc1-c1noc(CNC(=O)c2ccc(F)c(F)c2)n1. The number of amides is 1. The molecule has 0 aliphatic rings. The fraction of sp³-hybridized carbons (Fsp3) is 0.118. The van der Waals surface area contributed by atoms with Gasteiger partial charge in [-0.3, -0.25) is 4.79 Å². The normalized spacial score (nSPS) is 10.5. The molecule has 0 unspecified atom stereocenters. The monoisotopic (exact) mass is 345 g/mol. The molecule has 1 heterocycles. The summed E-state index contributed by atoms with van der Waals surface area (Å²) in [6.07, 6.45) is 0. The number of nitrogens with zero attached hydrogens (tertiary/aromatic N) is 2. The maximum absolute atomic E-state index is 13.2. The fourth-order valence-electron chi connectivity index (χ4n) is 2.16. The van der Waals surface area contributed by atoms with Crippen LogP contribution in [0.1, 0.15) is 16.2 Å². The van der Waals surface area contributed by atoms with Gasteiger partial charge in [0.25, 0.3) is 5.91 Å². The highest BCUT2D eigenvalue weighted by Crippen LogP contribution is 2.26. The number of nitrogens with one attached hydrogen (secondary N) is 1. The largest absolute Gasteiger partial charge is 0.496 e. The molecule has 0 bridgehead atoms. The molecule has 0 aliphatic carbocycles. The lowest BCUT2D eigenvalue weighted by molar-refractivity contribution is 0.0945. The zero-order valence-corrected chi connectivity index (χ0v) is 13.1. The lowest BCUT2D eigenvalue weighted by atomic mass is 10.2. The number of hydrogen-bond donors (Lipinski definition) is 1. The smallest absolute Gasteiger partial charge is 0.251 e. The van der Waals surface area contributed by atoms with Crippen molar-refractivity contribution in [3.05, 3.63) is 65.6 Å². The van der Waals surface area contributed by atoms with E-state index < -0.39 is 17.5 Å². The molecule has 0 spiro atoms. The molecule has 0 radical (unpaired) electrons. The van der Waals surface area contributed by atoms with Gasteiger partial charge in [-0.2, -0.15) is 4.98 Å². The number of methoxy groups -OCH3 is 1. The number of rotatable bonds is 5. The molecule has 6 nitrogen and oxygen atoms in total. The number of halogens is 2. The minimum absolute atomic E-state index is 0.0108. The molecule has 1 aromatic heterocycles. The average Bonchev–Trinajstić information content (AvgIpc) is 3.10. The quantitative estimate of drug-likeness (QED) is 0.769. The van der Waals surface area contributed by atoms with Gasteiger partial charge in [0.2, 0.25) is 11.7 Å². The highest BCUT2D eigenvalue weighted by atomic mass is 19.2. The minimum Gasteiger partial charge on any atom is -0.496 e. The van der Waals surface area contributed by atoms with Crippen LogP contribution in [0, 0.1) is 11.6 Å². The molecule has 0 fully saturated rings. The molecule has 0 saturated heterocycles. The van der Waals surface area contributed by atoms with Crippen molar-refractivity contribution in [3.63, 3.8) is 0 Å². The van der Waals surface area contributed by atoms with Crippen molar-refractivity contribution in [1.82, 2.24) is 15.5 Å². The van der Waals surface area contributed by atoms with Crippen LogP contribution in [0.15, 0.2) is 47.0 Å². The van der Waals surface area contributed by atoms with Crippen molar-refractivity contribution in [2.45, 2.75) is 6.54 Å². The molecule has 1 N–H and O–H groups in total. The number of carbonyl (C=O) groups excluding carboxylic acids is 1. The van der Waals surface area contributed by atoms with Gasteiger partial charge in [0.1, 0.15) is 5.75 Å². The van der Waals surface area contributed by atoms with Gasteiger partial charge in [-0.05, 0) is 30.3 Å². The van der Waals surface area contributed by atoms with E-state index in [0.717, 1.165) is 12.1 Å². The third kappa shape index (κ3) is 3.63. The van der Waals surface area contributed by atoms with Crippen molar-refractivity contribution in [2.24, 2.45) is 0 Å². The van der Waals surface area contributed by atoms with E-state index in [-0.39, 0.29) is 18.0 Å². The summed E-state index contributed by atoms with van der Waals surface area (Å²) in [5, 5.41) is 6.34. The molecule has 1 amide bonds. The molecule has 0 saturated carbocycles. The fourth-order valence-corrected chi connectivity index (χ4v) is 2.16. The van der Waals surface area contributed by atoms with Crippen LogP contribution in [0.4, 0.5) is 8.78 Å². The molecule has 2 aromatic carbocycles. The van der Waals surface area contributed by atoms with Crippen molar-refractivity contribution < 1.29 is 22.8 Å². The Bertz CT molecular complexity index is 912. The van der Waals surface area contributed by atoms with Crippen molar-refractivity contribution in [3.8, 4) is 17.1 Å². The van der Waals surface area contributed by atoms with Crippen molar-refractivity contribution in [1.29, 1.82) is 0 Å². The summed E-state index contributed by atoms with van der Waals surface area (Å²) in [5.74, 6) is -1.64. The van der Waals surface area contributed by atoms with Gasteiger partial charge in [-0.25, -0.2) is 8.78 Å². The molecule has 0 aliphatic heterocycles. The van der Waals surface area contributed by atoms with Crippen LogP contribution in [0.2, 0.25) is 0 Å². The molecule has 25 heavy (non-hydrogen) atoms. The zero-order chi connectivity index (χ0) is 17.8. The summed E-state index contributed by atoms with van der Waals surface area (Å²) in [4.78, 5) is 16.1. The molecular formula is C17H13F2N3O3. The third-order valence-corrected chi connectivity index (χ3v) is 3.40. The molecule has 8 heteroatoms. The first-order valence-electron chi connectivity index (χ1n) is 7.27. The van der Waals surface area contributed by atoms with Crippen LogP contribution >= 0.6 is 0 Å². The van der Waals surface area contributed by atoms with Gasteiger partial charge in [0.05, 0.1) is 19.2 Å². The standard InChI is InChI=1S/C17H13F2N3O3/c1-24-14-5-3-2-4-11(14)16-21-15(25-22-16)9-20-17(23)10-6-7-12(18)13(19)8-10/h2-8H,9H2,1H3,(H,20,23). The van der Waals surface area contributed by atoms with E-state index in [0.29, 0.717) is 17.1 Å². The van der Waals surface area contributed by atoms with Crippen LogP contribution in [-0.4, -0.2) is 23.2 Å². The van der Waals surface area contributed by atoms with Crippen LogP contribution in [0.3, 0.4) is 0 Å². The summed E-state index contributed by atoms with van der Waals surface area (Å²) in [6.45, 7) is -0.0556. The average molecular weight is 345 g/mol. The molecule has 3 aromatic rings. The van der Waals surface area contributed by atoms with Crippen LogP contribution < -0.4 is 10.1 Å². The Morgan fingerprint density at radius 1 is 1.20 bits per heavy atom. The maximum Gasteiger partial charge on any atom is 0.251 e. The highest BCUT2D eigenvalue weighted by Gasteiger charge is 2.14. The summed E-state index contributed by atoms with van der Waals surface area (Å²) < 4.78 is 36.4. The first kappa shape index (κ1) is 16.6. The van der Waals surface area contributed by atoms with E-state index in [1.165, 1.54) is 13.2 Å². The Morgan fingerprint density at radius 3 is 2.76 bits per heavy atom. The van der Waals surface area contributed by atoms with Gasteiger partial charge in [0, 0.05) is 5.56 Å². The van der Waals surface area contributed by atoms with Crippen LogP contribution in [0.25, 0.3) is 11.4 Å².